The van der Waals surface area contributed by atoms with Crippen LogP contribution in [0.3, 0.4) is 0 Å². The minimum atomic E-state index is -4.37. The minimum absolute atomic E-state index is 0.0538. The Morgan fingerprint density at radius 3 is 1.44 bits per heavy atom. The summed E-state index contributed by atoms with van der Waals surface area (Å²) < 4.78 is 32.7. The van der Waals surface area contributed by atoms with Crippen molar-refractivity contribution in [1.82, 2.24) is 0 Å². The number of phosphoric acid groups is 1. The van der Waals surface area contributed by atoms with Gasteiger partial charge in [-0.25, -0.2) is 4.57 Å². The van der Waals surface area contributed by atoms with Crippen LogP contribution in [0.1, 0.15) is 200 Å². The molecular formula is C40H78NO8P. The number of ether oxygens (including phenoxy) is 2. The third-order valence-corrected chi connectivity index (χ3v) is 9.89. The maximum absolute atomic E-state index is 12.5. The van der Waals surface area contributed by atoms with Crippen molar-refractivity contribution in [1.29, 1.82) is 0 Å². The molecule has 2 atom stereocenters. The number of carbonyl (C=O) groups is 2. The van der Waals surface area contributed by atoms with E-state index in [2.05, 4.69) is 26.0 Å². The first kappa shape index (κ1) is 48.8. The molecule has 0 radical (unpaired) electrons. The Morgan fingerprint density at radius 1 is 0.580 bits per heavy atom. The van der Waals surface area contributed by atoms with E-state index in [9.17, 15) is 19.0 Å². The molecule has 3 N–H and O–H groups in total. The summed E-state index contributed by atoms with van der Waals surface area (Å²) in [6, 6.07) is 0. The van der Waals surface area contributed by atoms with Crippen LogP contribution >= 0.6 is 7.82 Å². The van der Waals surface area contributed by atoms with Gasteiger partial charge in [-0.05, 0) is 38.5 Å². The Bertz CT molecular complexity index is 840. The topological polar surface area (TPSA) is 134 Å². The number of unbranched alkanes of at least 4 members (excludes halogenated alkanes) is 24. The molecule has 0 rings (SSSR count). The highest BCUT2D eigenvalue weighted by atomic mass is 31.2. The first-order valence-corrected chi connectivity index (χ1v) is 22.2. The Hall–Kier alpha value is -1.25. The summed E-state index contributed by atoms with van der Waals surface area (Å²) in [5, 5.41) is 0. The fourth-order valence-corrected chi connectivity index (χ4v) is 6.57. The third kappa shape index (κ3) is 36.5. The molecular weight excluding hydrogens is 653 g/mol. The van der Waals surface area contributed by atoms with Gasteiger partial charge in [0.05, 0.1) is 13.2 Å². The van der Waals surface area contributed by atoms with Crippen molar-refractivity contribution in [2.24, 2.45) is 5.73 Å². The Morgan fingerprint density at radius 2 is 0.980 bits per heavy atom. The number of phosphoric ester groups is 1. The second kappa shape index (κ2) is 37.5. The van der Waals surface area contributed by atoms with Gasteiger partial charge in [0.1, 0.15) is 6.61 Å². The zero-order chi connectivity index (χ0) is 36.8. The van der Waals surface area contributed by atoms with Crippen molar-refractivity contribution >= 4 is 19.8 Å². The molecule has 9 nitrogen and oxygen atoms in total. The first-order chi connectivity index (χ1) is 24.3. The number of allylic oxidation sites excluding steroid dienone is 2. The van der Waals surface area contributed by atoms with Crippen LogP contribution < -0.4 is 5.73 Å². The van der Waals surface area contributed by atoms with Crippen molar-refractivity contribution in [3.63, 3.8) is 0 Å². The maximum atomic E-state index is 12.5. The van der Waals surface area contributed by atoms with E-state index in [0.29, 0.717) is 6.42 Å². The zero-order valence-corrected chi connectivity index (χ0v) is 33.3. The summed E-state index contributed by atoms with van der Waals surface area (Å²) in [5.41, 5.74) is 5.34. The second-order valence-electron chi connectivity index (χ2n) is 13.9. The Labute approximate surface area is 307 Å². The monoisotopic (exact) mass is 732 g/mol. The summed E-state index contributed by atoms with van der Waals surface area (Å²) in [4.78, 5) is 34.8. The average Bonchev–Trinajstić information content (AvgIpc) is 3.10. The molecule has 0 heterocycles. The van der Waals surface area contributed by atoms with Crippen LogP contribution in [0.5, 0.6) is 0 Å². The summed E-state index contributed by atoms with van der Waals surface area (Å²) in [5.74, 6) is -0.838. The quantitative estimate of drug-likeness (QED) is 0.0274. The van der Waals surface area contributed by atoms with Crippen LogP contribution in [0.15, 0.2) is 12.2 Å². The molecule has 0 bridgehead atoms. The van der Waals surface area contributed by atoms with Gasteiger partial charge in [-0.15, -0.1) is 0 Å². The van der Waals surface area contributed by atoms with Gasteiger partial charge in [0.25, 0.3) is 0 Å². The van der Waals surface area contributed by atoms with Gasteiger partial charge in [-0.2, -0.15) is 0 Å². The minimum Gasteiger partial charge on any atom is -0.462 e. The predicted molar refractivity (Wildman–Crippen MR) is 206 cm³/mol. The van der Waals surface area contributed by atoms with Gasteiger partial charge in [0.15, 0.2) is 6.10 Å². The summed E-state index contributed by atoms with van der Waals surface area (Å²) in [7, 11) is -4.37. The SMILES string of the molecule is CCCCCCCCCC/C=C/CCCCCC(=O)O[C@H](COC(=O)CCCCCCCCCCCCCCCC)COP(=O)(O)OCCN. The highest BCUT2D eigenvalue weighted by Gasteiger charge is 2.26. The molecule has 296 valence electrons. The zero-order valence-electron chi connectivity index (χ0n) is 32.4. The summed E-state index contributed by atoms with van der Waals surface area (Å²) in [6.45, 7) is 3.73. The van der Waals surface area contributed by atoms with E-state index in [0.717, 1.165) is 44.9 Å². The average molecular weight is 732 g/mol. The van der Waals surface area contributed by atoms with Crippen molar-refractivity contribution in [2.45, 2.75) is 206 Å². The predicted octanol–water partition coefficient (Wildman–Crippen LogP) is 11.4. The van der Waals surface area contributed by atoms with Crippen molar-refractivity contribution in [2.75, 3.05) is 26.4 Å². The molecule has 0 aliphatic carbocycles. The normalized spacial score (nSPS) is 13.4. The maximum Gasteiger partial charge on any atom is 0.472 e. The van der Waals surface area contributed by atoms with E-state index in [1.165, 1.54) is 122 Å². The smallest absolute Gasteiger partial charge is 0.462 e. The molecule has 0 aromatic heterocycles. The van der Waals surface area contributed by atoms with Crippen molar-refractivity contribution in [3.05, 3.63) is 12.2 Å². The fraction of sp³-hybridized carbons (Fsp3) is 0.900. The highest BCUT2D eigenvalue weighted by Crippen LogP contribution is 2.43. The van der Waals surface area contributed by atoms with Gasteiger partial charge in [0.2, 0.25) is 0 Å². The van der Waals surface area contributed by atoms with Crippen LogP contribution in [0.25, 0.3) is 0 Å². The Kier molecular flexibility index (Phi) is 36.6. The number of carbonyl (C=O) groups excluding carboxylic acids is 2. The summed E-state index contributed by atoms with van der Waals surface area (Å²) in [6.07, 6.45) is 36.7. The van der Waals surface area contributed by atoms with E-state index >= 15 is 0 Å². The molecule has 0 aromatic carbocycles. The van der Waals surface area contributed by atoms with Crippen LogP contribution in [-0.2, 0) is 32.7 Å². The molecule has 10 heteroatoms. The molecule has 0 fully saturated rings. The fourth-order valence-electron chi connectivity index (χ4n) is 5.81. The van der Waals surface area contributed by atoms with E-state index in [1.54, 1.807) is 0 Å². The molecule has 50 heavy (non-hydrogen) atoms. The number of hydrogen-bond donors (Lipinski definition) is 2. The van der Waals surface area contributed by atoms with Crippen LogP contribution in [0.2, 0.25) is 0 Å². The van der Waals surface area contributed by atoms with Gasteiger partial charge >= 0.3 is 19.8 Å². The van der Waals surface area contributed by atoms with Gasteiger partial charge < -0.3 is 20.1 Å². The molecule has 1 unspecified atom stereocenters. The van der Waals surface area contributed by atoms with E-state index in [1.807, 2.05) is 0 Å². The molecule has 0 saturated carbocycles. The van der Waals surface area contributed by atoms with E-state index in [-0.39, 0.29) is 38.6 Å². The van der Waals surface area contributed by atoms with Crippen LogP contribution in [-0.4, -0.2) is 49.3 Å². The molecule has 0 aromatic rings. The number of nitrogens with two attached hydrogens (primary N) is 1. The lowest BCUT2D eigenvalue weighted by Crippen LogP contribution is -2.29. The van der Waals surface area contributed by atoms with E-state index in [4.69, 9.17) is 24.3 Å². The molecule has 0 aliphatic heterocycles. The van der Waals surface area contributed by atoms with Crippen molar-refractivity contribution < 1.29 is 37.6 Å². The third-order valence-electron chi connectivity index (χ3n) is 8.90. The highest BCUT2D eigenvalue weighted by molar-refractivity contribution is 7.47. The lowest BCUT2D eigenvalue weighted by Gasteiger charge is -2.19. The van der Waals surface area contributed by atoms with Crippen LogP contribution in [0.4, 0.5) is 0 Å². The van der Waals surface area contributed by atoms with E-state index < -0.39 is 26.5 Å². The number of rotatable bonds is 39. The lowest BCUT2D eigenvalue weighted by molar-refractivity contribution is -0.161. The molecule has 0 spiro atoms. The van der Waals surface area contributed by atoms with Gasteiger partial charge in [0, 0.05) is 19.4 Å². The van der Waals surface area contributed by atoms with Crippen molar-refractivity contribution in [3.8, 4) is 0 Å². The largest absolute Gasteiger partial charge is 0.472 e. The Balaban J connectivity index is 4.18. The molecule has 0 aliphatic rings. The lowest BCUT2D eigenvalue weighted by atomic mass is 10.0. The first-order valence-electron chi connectivity index (χ1n) is 20.7. The van der Waals surface area contributed by atoms with Crippen LogP contribution in [0, 0.1) is 0 Å². The standard InChI is InChI=1S/C40H78NO8P/c1-3-5-7-9-11-13-15-17-19-21-23-25-27-29-31-33-40(43)49-38(37-48-50(44,45)47-35-34-41)36-46-39(42)32-30-28-26-24-22-20-18-16-14-12-10-8-6-4-2/h21,23,38H,3-20,22,24-37,41H2,1-2H3,(H,44,45)/b23-21+/t38-/m1/s1. The van der Waals surface area contributed by atoms with Gasteiger partial charge in [-0.1, -0.05) is 161 Å². The summed E-state index contributed by atoms with van der Waals surface area (Å²) >= 11 is 0. The molecule has 0 saturated heterocycles. The second-order valence-corrected chi connectivity index (χ2v) is 15.3. The van der Waals surface area contributed by atoms with Gasteiger partial charge in [-0.3, -0.25) is 18.6 Å². The number of esters is 2. The molecule has 0 amide bonds. The number of hydrogen-bond acceptors (Lipinski definition) is 8.